The van der Waals surface area contributed by atoms with Gasteiger partial charge in [-0.15, -0.1) is 0 Å². The average molecular weight is 345 g/mol. The van der Waals surface area contributed by atoms with Crippen LogP contribution < -0.4 is 5.32 Å². The molecular weight excluding hydrogens is 317 g/mol. The quantitative estimate of drug-likeness (QED) is 0.890. The molecule has 1 saturated carbocycles. The number of hydrogen-bond acceptors (Lipinski definition) is 2. The van der Waals surface area contributed by atoms with E-state index >= 15 is 0 Å². The van der Waals surface area contributed by atoms with Crippen LogP contribution in [0.4, 0.5) is 9.18 Å². The standard InChI is InChI=1S/C20H28FN3O/c21-16-4-1-3-15(13-16)8-12-24(18-6-7-18)20(25)22-17-9-11-23-10-2-5-19(23)14-17/h1,3-4,13,17-19H,2,5-12,14H2,(H,22,25)/t17-,19+/m1/s1. The predicted octanol–water partition coefficient (Wildman–Crippen LogP) is 3.17. The van der Waals surface area contributed by atoms with E-state index in [4.69, 9.17) is 0 Å². The molecule has 1 aliphatic carbocycles. The summed E-state index contributed by atoms with van der Waals surface area (Å²) >= 11 is 0. The molecular formula is C20H28FN3O. The van der Waals surface area contributed by atoms with Crippen LogP contribution in [-0.2, 0) is 6.42 Å². The summed E-state index contributed by atoms with van der Waals surface area (Å²) in [4.78, 5) is 17.4. The fraction of sp³-hybridized carbons (Fsp3) is 0.650. The summed E-state index contributed by atoms with van der Waals surface area (Å²) < 4.78 is 13.3. The number of carbonyl (C=O) groups excluding carboxylic acids is 1. The van der Waals surface area contributed by atoms with Crippen molar-refractivity contribution >= 4 is 6.03 Å². The van der Waals surface area contributed by atoms with Crippen LogP contribution >= 0.6 is 0 Å². The van der Waals surface area contributed by atoms with Crippen LogP contribution in [-0.4, -0.2) is 53.6 Å². The average Bonchev–Trinajstić information content (AvgIpc) is 3.32. The predicted molar refractivity (Wildman–Crippen MR) is 96.0 cm³/mol. The molecule has 4 nitrogen and oxygen atoms in total. The number of fused-ring (bicyclic) bond motifs is 1. The van der Waals surface area contributed by atoms with E-state index in [1.807, 2.05) is 11.0 Å². The van der Waals surface area contributed by atoms with E-state index in [1.165, 1.54) is 25.5 Å². The second-order valence-electron chi connectivity index (χ2n) is 7.81. The summed E-state index contributed by atoms with van der Waals surface area (Å²) in [5.74, 6) is -0.205. The third-order valence-electron chi connectivity index (χ3n) is 5.93. The van der Waals surface area contributed by atoms with Crippen molar-refractivity contribution in [1.29, 1.82) is 0 Å². The highest BCUT2D eigenvalue weighted by Gasteiger charge is 2.36. The van der Waals surface area contributed by atoms with E-state index < -0.39 is 0 Å². The lowest BCUT2D eigenvalue weighted by molar-refractivity contribution is 0.154. The Labute approximate surface area is 149 Å². The fourth-order valence-electron chi connectivity index (χ4n) is 4.39. The van der Waals surface area contributed by atoms with Crippen molar-refractivity contribution < 1.29 is 9.18 Å². The normalized spacial score (nSPS) is 26.3. The highest BCUT2D eigenvalue weighted by atomic mass is 19.1. The molecule has 0 bridgehead atoms. The maximum absolute atomic E-state index is 13.3. The summed E-state index contributed by atoms with van der Waals surface area (Å²) in [6.07, 6.45) is 7.63. The number of urea groups is 1. The molecule has 5 heteroatoms. The molecule has 2 atom stereocenters. The van der Waals surface area contributed by atoms with Crippen molar-refractivity contribution in [2.24, 2.45) is 0 Å². The molecule has 3 fully saturated rings. The third kappa shape index (κ3) is 4.14. The van der Waals surface area contributed by atoms with Crippen molar-refractivity contribution in [3.05, 3.63) is 35.6 Å². The highest BCUT2D eigenvalue weighted by molar-refractivity contribution is 5.75. The van der Waals surface area contributed by atoms with Gasteiger partial charge in [-0.05, 0) is 69.2 Å². The van der Waals surface area contributed by atoms with Crippen molar-refractivity contribution in [2.45, 2.75) is 63.1 Å². The van der Waals surface area contributed by atoms with Gasteiger partial charge in [0.05, 0.1) is 0 Å². The van der Waals surface area contributed by atoms with Crippen molar-refractivity contribution in [2.75, 3.05) is 19.6 Å². The Kier molecular flexibility index (Phi) is 4.93. The Balaban J connectivity index is 1.32. The van der Waals surface area contributed by atoms with Gasteiger partial charge >= 0.3 is 6.03 Å². The molecule has 1 aromatic carbocycles. The first-order chi connectivity index (χ1) is 12.2. The minimum Gasteiger partial charge on any atom is -0.335 e. The Bertz CT molecular complexity index is 619. The number of benzene rings is 1. The molecule has 1 N–H and O–H groups in total. The zero-order chi connectivity index (χ0) is 17.2. The third-order valence-corrected chi connectivity index (χ3v) is 5.93. The molecule has 25 heavy (non-hydrogen) atoms. The Morgan fingerprint density at radius 3 is 2.92 bits per heavy atom. The molecule has 4 rings (SSSR count). The molecule has 2 saturated heterocycles. The number of nitrogens with zero attached hydrogens (tertiary/aromatic N) is 2. The van der Waals surface area contributed by atoms with Gasteiger partial charge < -0.3 is 15.1 Å². The molecule has 2 aliphatic heterocycles. The number of carbonyl (C=O) groups is 1. The number of rotatable bonds is 5. The molecule has 3 aliphatic rings. The van der Waals surface area contributed by atoms with Gasteiger partial charge in [0, 0.05) is 31.2 Å². The SMILES string of the molecule is O=C(N[C@@H]1CCN2CCC[C@H]2C1)N(CCc1cccc(F)c1)C1CC1. The minimum atomic E-state index is -0.205. The minimum absolute atomic E-state index is 0.0790. The first-order valence-corrected chi connectivity index (χ1v) is 9.74. The van der Waals surface area contributed by atoms with E-state index in [0.29, 0.717) is 31.1 Å². The first-order valence-electron chi connectivity index (χ1n) is 9.74. The lowest BCUT2D eigenvalue weighted by atomic mass is 9.98. The largest absolute Gasteiger partial charge is 0.335 e. The van der Waals surface area contributed by atoms with E-state index in [-0.39, 0.29) is 11.8 Å². The molecule has 136 valence electrons. The Hall–Kier alpha value is -1.62. The molecule has 0 spiro atoms. The molecule has 0 unspecified atom stereocenters. The van der Waals surface area contributed by atoms with Crippen LogP contribution in [0.3, 0.4) is 0 Å². The molecule has 1 aromatic rings. The van der Waals surface area contributed by atoms with Crippen LogP contribution in [0, 0.1) is 5.82 Å². The maximum atomic E-state index is 13.3. The van der Waals surface area contributed by atoms with Crippen LogP contribution in [0.25, 0.3) is 0 Å². The van der Waals surface area contributed by atoms with Crippen LogP contribution in [0.15, 0.2) is 24.3 Å². The topological polar surface area (TPSA) is 35.6 Å². The van der Waals surface area contributed by atoms with E-state index in [2.05, 4.69) is 10.2 Å². The second kappa shape index (κ2) is 7.32. The molecule has 2 heterocycles. The monoisotopic (exact) mass is 345 g/mol. The van der Waals surface area contributed by atoms with Crippen LogP contribution in [0.5, 0.6) is 0 Å². The van der Waals surface area contributed by atoms with Gasteiger partial charge in [-0.3, -0.25) is 0 Å². The van der Waals surface area contributed by atoms with Gasteiger partial charge in [0.2, 0.25) is 0 Å². The van der Waals surface area contributed by atoms with E-state index in [1.54, 1.807) is 12.1 Å². The van der Waals surface area contributed by atoms with E-state index in [0.717, 1.165) is 37.8 Å². The number of piperidine rings is 1. The summed E-state index contributed by atoms with van der Waals surface area (Å²) in [5.41, 5.74) is 0.956. The smallest absolute Gasteiger partial charge is 0.317 e. The van der Waals surface area contributed by atoms with Crippen molar-refractivity contribution in [3.8, 4) is 0 Å². The first kappa shape index (κ1) is 16.8. The summed E-state index contributed by atoms with van der Waals surface area (Å²) in [6.45, 7) is 3.01. The summed E-state index contributed by atoms with van der Waals surface area (Å²) in [6, 6.07) is 8.13. The van der Waals surface area contributed by atoms with Gasteiger partial charge in [-0.1, -0.05) is 12.1 Å². The van der Waals surface area contributed by atoms with Gasteiger partial charge in [0.25, 0.3) is 0 Å². The fourth-order valence-corrected chi connectivity index (χ4v) is 4.39. The Morgan fingerprint density at radius 1 is 1.24 bits per heavy atom. The molecule has 2 amide bonds. The summed E-state index contributed by atoms with van der Waals surface area (Å²) in [7, 11) is 0. The van der Waals surface area contributed by atoms with E-state index in [9.17, 15) is 9.18 Å². The van der Waals surface area contributed by atoms with Crippen LogP contribution in [0.2, 0.25) is 0 Å². The van der Waals surface area contributed by atoms with Crippen LogP contribution in [0.1, 0.15) is 44.1 Å². The van der Waals surface area contributed by atoms with Gasteiger partial charge in [-0.25, -0.2) is 9.18 Å². The van der Waals surface area contributed by atoms with Crippen molar-refractivity contribution in [3.63, 3.8) is 0 Å². The van der Waals surface area contributed by atoms with Gasteiger partial charge in [0.1, 0.15) is 5.82 Å². The number of hydrogen-bond donors (Lipinski definition) is 1. The number of halogens is 1. The van der Waals surface area contributed by atoms with Gasteiger partial charge in [0.15, 0.2) is 0 Å². The highest BCUT2D eigenvalue weighted by Crippen LogP contribution is 2.29. The zero-order valence-corrected chi connectivity index (χ0v) is 14.8. The maximum Gasteiger partial charge on any atom is 0.317 e. The molecule has 0 aromatic heterocycles. The zero-order valence-electron chi connectivity index (χ0n) is 14.8. The Morgan fingerprint density at radius 2 is 2.12 bits per heavy atom. The lowest BCUT2D eigenvalue weighted by Crippen LogP contribution is -2.51. The summed E-state index contributed by atoms with van der Waals surface area (Å²) in [5, 5.41) is 3.29. The van der Waals surface area contributed by atoms with Crippen molar-refractivity contribution in [1.82, 2.24) is 15.1 Å². The second-order valence-corrected chi connectivity index (χ2v) is 7.81. The van der Waals surface area contributed by atoms with Gasteiger partial charge in [-0.2, -0.15) is 0 Å². The number of amides is 2. The lowest BCUT2D eigenvalue weighted by Gasteiger charge is -2.36. The number of nitrogens with one attached hydrogen (secondary N) is 1. The molecule has 0 radical (unpaired) electrons.